The highest BCUT2D eigenvalue weighted by atomic mass is 79.9. The number of carbonyl (C=O) groups excluding carboxylic acids is 3. The highest BCUT2D eigenvalue weighted by molar-refractivity contribution is 9.10. The average Bonchev–Trinajstić information content (AvgIpc) is 3.44. The number of nitro benzene ring substituents is 1. The van der Waals surface area contributed by atoms with E-state index in [0.717, 1.165) is 22.1 Å². The Morgan fingerprint density at radius 3 is 2.35 bits per heavy atom. The molecule has 3 aromatic carbocycles. The Balaban J connectivity index is 1.50. The first kappa shape index (κ1) is 25.8. The molecule has 2 fully saturated rings. The zero-order valence-electron chi connectivity index (χ0n) is 21.3. The zero-order chi connectivity index (χ0) is 28.3. The van der Waals surface area contributed by atoms with Crippen molar-refractivity contribution in [2.24, 2.45) is 11.8 Å². The maximum Gasteiger partial charge on any atom is 0.271 e. The second-order valence-corrected chi connectivity index (χ2v) is 10.5. The van der Waals surface area contributed by atoms with Crippen molar-refractivity contribution in [1.29, 1.82) is 0 Å². The standard InChI is InChI=1S/C29H22BrN3O7/c1-39-21-9-7-16(13-19(21)30)27(34)26-24-23(25-18-6-4-3-5-15(18)11-12-31(25)26)28(35)32(29(24)36)20-14-17(33(37)38)8-10-22(20)40-2/h3-14,23-26H,1-2H3/t23-,24-,25+,26+/m1/s1. The molecule has 2 amide bonds. The van der Waals surface area contributed by atoms with Gasteiger partial charge in [0.1, 0.15) is 23.2 Å². The predicted molar refractivity (Wildman–Crippen MR) is 148 cm³/mol. The quantitative estimate of drug-likeness (QED) is 0.171. The summed E-state index contributed by atoms with van der Waals surface area (Å²) in [6.07, 6.45) is 3.64. The van der Waals surface area contributed by atoms with E-state index in [1.165, 1.54) is 26.4 Å². The number of amides is 2. The Hall–Kier alpha value is -4.51. The number of carbonyl (C=O) groups is 3. The van der Waals surface area contributed by atoms with Gasteiger partial charge < -0.3 is 14.4 Å². The molecule has 0 aliphatic carbocycles. The van der Waals surface area contributed by atoms with Crippen LogP contribution < -0.4 is 14.4 Å². The second kappa shape index (κ2) is 9.60. The number of non-ortho nitro benzene ring substituents is 1. The van der Waals surface area contributed by atoms with Gasteiger partial charge in [-0.2, -0.15) is 0 Å². The van der Waals surface area contributed by atoms with Crippen LogP contribution in [-0.4, -0.2) is 47.7 Å². The number of hydrogen-bond donors (Lipinski definition) is 0. The van der Waals surface area contributed by atoms with E-state index in [-0.39, 0.29) is 22.9 Å². The number of nitro groups is 1. The monoisotopic (exact) mass is 603 g/mol. The summed E-state index contributed by atoms with van der Waals surface area (Å²) in [5.74, 6) is -2.75. The molecule has 0 aromatic heterocycles. The van der Waals surface area contributed by atoms with Gasteiger partial charge in [0.15, 0.2) is 5.78 Å². The predicted octanol–water partition coefficient (Wildman–Crippen LogP) is 4.77. The van der Waals surface area contributed by atoms with Crippen LogP contribution in [0, 0.1) is 22.0 Å². The molecule has 0 spiro atoms. The van der Waals surface area contributed by atoms with Gasteiger partial charge in [0.05, 0.1) is 41.5 Å². The number of rotatable bonds is 6. The number of Topliss-reactive ketones (excluding diaryl/α,β-unsaturated/α-hetero) is 1. The van der Waals surface area contributed by atoms with Gasteiger partial charge in [-0.1, -0.05) is 24.3 Å². The molecule has 0 bridgehead atoms. The van der Waals surface area contributed by atoms with Crippen LogP contribution in [-0.2, 0) is 9.59 Å². The van der Waals surface area contributed by atoms with Crippen molar-refractivity contribution in [2.45, 2.75) is 12.1 Å². The van der Waals surface area contributed by atoms with E-state index < -0.39 is 40.7 Å². The number of halogens is 1. The van der Waals surface area contributed by atoms with E-state index in [4.69, 9.17) is 9.47 Å². The summed E-state index contributed by atoms with van der Waals surface area (Å²) >= 11 is 3.42. The topological polar surface area (TPSA) is 119 Å². The maximum absolute atomic E-state index is 14.2. The molecular weight excluding hydrogens is 582 g/mol. The number of anilines is 1. The molecule has 11 heteroatoms. The number of imide groups is 1. The summed E-state index contributed by atoms with van der Waals surface area (Å²) in [7, 11) is 2.87. The lowest BCUT2D eigenvalue weighted by Crippen LogP contribution is -2.44. The molecular formula is C29H22BrN3O7. The van der Waals surface area contributed by atoms with Crippen LogP contribution in [0.25, 0.3) is 6.08 Å². The fraction of sp³-hybridized carbons (Fsp3) is 0.207. The number of fused-ring (bicyclic) bond motifs is 5. The third-order valence-corrected chi connectivity index (χ3v) is 8.40. The third-order valence-electron chi connectivity index (χ3n) is 7.78. The summed E-state index contributed by atoms with van der Waals surface area (Å²) in [5.41, 5.74) is 1.73. The van der Waals surface area contributed by atoms with Gasteiger partial charge in [-0.15, -0.1) is 0 Å². The lowest BCUT2D eigenvalue weighted by molar-refractivity contribution is -0.384. The van der Waals surface area contributed by atoms with Crippen LogP contribution >= 0.6 is 15.9 Å². The summed E-state index contributed by atoms with van der Waals surface area (Å²) in [5, 5.41) is 11.5. The minimum atomic E-state index is -1.04. The van der Waals surface area contributed by atoms with Gasteiger partial charge in [0, 0.05) is 23.9 Å². The van der Waals surface area contributed by atoms with Gasteiger partial charge in [0.2, 0.25) is 11.8 Å². The normalized spacial score (nSPS) is 22.6. The van der Waals surface area contributed by atoms with Crippen LogP contribution in [0.5, 0.6) is 11.5 Å². The molecule has 0 unspecified atom stereocenters. The van der Waals surface area contributed by atoms with Gasteiger partial charge in [-0.25, -0.2) is 4.90 Å². The largest absolute Gasteiger partial charge is 0.496 e. The Kier molecular flexibility index (Phi) is 6.18. The Labute approximate surface area is 237 Å². The van der Waals surface area contributed by atoms with E-state index >= 15 is 0 Å². The van der Waals surface area contributed by atoms with Crippen molar-refractivity contribution in [3.63, 3.8) is 0 Å². The highest BCUT2D eigenvalue weighted by Gasteiger charge is 2.65. The molecule has 4 atom stereocenters. The lowest BCUT2D eigenvalue weighted by atomic mass is 9.83. The number of nitrogens with zero attached hydrogens (tertiary/aromatic N) is 3. The highest BCUT2D eigenvalue weighted by Crippen LogP contribution is 2.54. The Morgan fingerprint density at radius 2 is 1.65 bits per heavy atom. The minimum absolute atomic E-state index is 0.0225. The van der Waals surface area contributed by atoms with Gasteiger partial charge in [0.25, 0.3) is 5.69 Å². The SMILES string of the molecule is COc1ccc(C(=O)[C@@H]2[C@@H]3C(=O)N(c4cc([N+](=O)[O-])ccc4OC)C(=O)[C@H]3[C@@H]3c4ccccc4C=CN23)cc1Br. The molecule has 202 valence electrons. The maximum atomic E-state index is 14.2. The molecule has 6 rings (SSSR count). The zero-order valence-corrected chi connectivity index (χ0v) is 22.9. The molecule has 3 aliphatic heterocycles. The Morgan fingerprint density at radius 1 is 0.950 bits per heavy atom. The first-order chi connectivity index (χ1) is 19.3. The molecule has 3 heterocycles. The van der Waals surface area contributed by atoms with Crippen LogP contribution in [0.2, 0.25) is 0 Å². The van der Waals surface area contributed by atoms with Crippen LogP contribution in [0.1, 0.15) is 27.5 Å². The molecule has 0 N–H and O–H groups in total. The van der Waals surface area contributed by atoms with E-state index in [1.807, 2.05) is 30.3 Å². The van der Waals surface area contributed by atoms with E-state index in [0.29, 0.717) is 15.8 Å². The minimum Gasteiger partial charge on any atom is -0.496 e. The van der Waals surface area contributed by atoms with Gasteiger partial charge in [-0.05, 0) is 57.4 Å². The van der Waals surface area contributed by atoms with E-state index in [1.54, 1.807) is 29.3 Å². The average molecular weight is 604 g/mol. The summed E-state index contributed by atoms with van der Waals surface area (Å²) in [6, 6.07) is 14.6. The van der Waals surface area contributed by atoms with Crippen LogP contribution in [0.3, 0.4) is 0 Å². The van der Waals surface area contributed by atoms with Crippen molar-refractivity contribution in [1.82, 2.24) is 4.90 Å². The Bertz CT molecular complexity index is 1640. The third kappa shape index (κ3) is 3.72. The summed E-state index contributed by atoms with van der Waals surface area (Å²) in [4.78, 5) is 56.1. The number of methoxy groups -OCH3 is 2. The smallest absolute Gasteiger partial charge is 0.271 e. The second-order valence-electron chi connectivity index (χ2n) is 9.67. The van der Waals surface area contributed by atoms with Crippen molar-refractivity contribution in [3.8, 4) is 11.5 Å². The molecule has 2 saturated heterocycles. The number of ketones is 1. The number of ether oxygens (including phenoxy) is 2. The van der Waals surface area contributed by atoms with Gasteiger partial charge in [-0.3, -0.25) is 24.5 Å². The first-order valence-electron chi connectivity index (χ1n) is 12.4. The van der Waals surface area contributed by atoms with Crippen molar-refractivity contribution in [2.75, 3.05) is 19.1 Å². The van der Waals surface area contributed by atoms with Crippen molar-refractivity contribution in [3.05, 3.63) is 98.1 Å². The summed E-state index contributed by atoms with van der Waals surface area (Å²) in [6.45, 7) is 0. The fourth-order valence-corrected chi connectivity index (χ4v) is 6.59. The van der Waals surface area contributed by atoms with Crippen LogP contribution in [0.15, 0.2) is 71.3 Å². The van der Waals surface area contributed by atoms with Crippen molar-refractivity contribution >= 4 is 51.0 Å². The van der Waals surface area contributed by atoms with Crippen LogP contribution in [0.4, 0.5) is 11.4 Å². The number of benzene rings is 3. The van der Waals surface area contributed by atoms with E-state index in [2.05, 4.69) is 15.9 Å². The molecule has 3 aromatic rings. The molecule has 0 saturated carbocycles. The molecule has 10 nitrogen and oxygen atoms in total. The molecule has 40 heavy (non-hydrogen) atoms. The lowest BCUT2D eigenvalue weighted by Gasteiger charge is -2.35. The van der Waals surface area contributed by atoms with Crippen molar-refractivity contribution < 1.29 is 28.8 Å². The fourth-order valence-electron chi connectivity index (χ4n) is 6.05. The molecule has 3 aliphatic rings. The number of hydrogen-bond acceptors (Lipinski definition) is 8. The van der Waals surface area contributed by atoms with E-state index in [9.17, 15) is 24.5 Å². The molecule has 0 radical (unpaired) electrons. The summed E-state index contributed by atoms with van der Waals surface area (Å²) < 4.78 is 11.2. The van der Waals surface area contributed by atoms with Gasteiger partial charge >= 0.3 is 0 Å². The first-order valence-corrected chi connectivity index (χ1v) is 13.2.